The number of ether oxygens (including phenoxy) is 2. The number of halogens is 2. The first-order valence-electron chi connectivity index (χ1n) is 8.32. The molecule has 0 amide bonds. The Kier molecular flexibility index (Phi) is 4.90. The molecular weight excluding hydrogens is 399 g/mol. The number of carbonyl (C=O) groups excluding carboxylic acids is 2. The van der Waals surface area contributed by atoms with Gasteiger partial charge in [-0.15, -0.1) is 0 Å². The lowest BCUT2D eigenvalue weighted by molar-refractivity contribution is 0.0734. The monoisotopic (exact) mass is 410 g/mol. The molecule has 1 heterocycles. The van der Waals surface area contributed by atoms with Crippen LogP contribution in [0.5, 0.6) is 11.5 Å². The topological polar surface area (TPSA) is 52.6 Å². The molecule has 28 heavy (non-hydrogen) atoms. The lowest BCUT2D eigenvalue weighted by Crippen LogP contribution is -2.09. The number of carbonyl (C=O) groups is 2. The van der Waals surface area contributed by atoms with Crippen molar-refractivity contribution < 1.29 is 19.1 Å². The smallest absolute Gasteiger partial charge is 0.345 e. The molecule has 1 aliphatic heterocycles. The lowest BCUT2D eigenvalue weighted by Gasteiger charge is -2.06. The van der Waals surface area contributed by atoms with Gasteiger partial charge in [-0.25, -0.2) is 4.79 Å². The maximum atomic E-state index is 12.6. The highest BCUT2D eigenvalue weighted by molar-refractivity contribution is 6.33. The Balaban J connectivity index is 1.58. The minimum absolute atomic E-state index is 0.151. The Morgan fingerprint density at radius 1 is 0.929 bits per heavy atom. The second-order valence-electron chi connectivity index (χ2n) is 5.99. The zero-order valence-electron chi connectivity index (χ0n) is 14.3. The van der Waals surface area contributed by atoms with Crippen LogP contribution in [-0.2, 0) is 0 Å². The molecule has 1 aliphatic rings. The van der Waals surface area contributed by atoms with Crippen LogP contribution in [0.4, 0.5) is 0 Å². The van der Waals surface area contributed by atoms with Crippen LogP contribution >= 0.6 is 23.2 Å². The van der Waals surface area contributed by atoms with Crippen molar-refractivity contribution >= 4 is 41.0 Å². The number of esters is 1. The summed E-state index contributed by atoms with van der Waals surface area (Å²) in [6.45, 7) is 0. The average molecular weight is 411 g/mol. The van der Waals surface area contributed by atoms with Gasteiger partial charge in [0.1, 0.15) is 11.5 Å². The molecular formula is C22H12Cl2O4. The number of hydrogen-bond acceptors (Lipinski definition) is 4. The standard InChI is InChI=1S/C22H12Cl2O4/c23-17-7-3-1-5-13(17)11-20-21(25)16-10-9-14(12-19(16)28-20)27-22(26)15-6-2-4-8-18(15)24/h1-12H. The van der Waals surface area contributed by atoms with Crippen molar-refractivity contribution in [2.24, 2.45) is 0 Å². The van der Waals surface area contributed by atoms with E-state index in [0.29, 0.717) is 26.9 Å². The van der Waals surface area contributed by atoms with E-state index in [-0.39, 0.29) is 22.9 Å². The van der Waals surface area contributed by atoms with E-state index in [4.69, 9.17) is 32.7 Å². The highest BCUT2D eigenvalue weighted by atomic mass is 35.5. The van der Waals surface area contributed by atoms with E-state index in [2.05, 4.69) is 0 Å². The molecule has 0 unspecified atom stereocenters. The number of fused-ring (bicyclic) bond motifs is 1. The van der Waals surface area contributed by atoms with Gasteiger partial charge < -0.3 is 9.47 Å². The Hall–Kier alpha value is -3.08. The van der Waals surface area contributed by atoms with Gasteiger partial charge in [0.2, 0.25) is 5.78 Å². The van der Waals surface area contributed by atoms with Crippen molar-refractivity contribution in [2.45, 2.75) is 0 Å². The Bertz CT molecular complexity index is 1130. The number of hydrogen-bond donors (Lipinski definition) is 0. The molecule has 0 atom stereocenters. The van der Waals surface area contributed by atoms with Crippen LogP contribution in [0.25, 0.3) is 6.08 Å². The first-order valence-corrected chi connectivity index (χ1v) is 9.08. The number of rotatable bonds is 3. The zero-order valence-corrected chi connectivity index (χ0v) is 15.8. The van der Waals surface area contributed by atoms with Crippen molar-refractivity contribution in [1.82, 2.24) is 0 Å². The molecule has 0 aliphatic carbocycles. The molecule has 3 aromatic rings. The summed E-state index contributed by atoms with van der Waals surface area (Å²) in [7, 11) is 0. The van der Waals surface area contributed by atoms with Gasteiger partial charge >= 0.3 is 5.97 Å². The molecule has 138 valence electrons. The quantitative estimate of drug-likeness (QED) is 0.309. The summed E-state index contributed by atoms with van der Waals surface area (Å²) in [5.41, 5.74) is 1.31. The van der Waals surface area contributed by atoms with Gasteiger partial charge in [0.05, 0.1) is 16.1 Å². The van der Waals surface area contributed by atoms with E-state index in [1.54, 1.807) is 54.6 Å². The van der Waals surface area contributed by atoms with Crippen LogP contribution < -0.4 is 9.47 Å². The molecule has 0 spiro atoms. The van der Waals surface area contributed by atoms with Crippen molar-refractivity contribution in [1.29, 1.82) is 0 Å². The predicted molar refractivity (Wildman–Crippen MR) is 107 cm³/mol. The third kappa shape index (κ3) is 3.52. The van der Waals surface area contributed by atoms with Gasteiger partial charge in [-0.2, -0.15) is 0 Å². The minimum atomic E-state index is -0.596. The van der Waals surface area contributed by atoms with E-state index in [1.807, 2.05) is 6.07 Å². The third-order valence-electron chi connectivity index (χ3n) is 4.14. The molecule has 0 aromatic heterocycles. The van der Waals surface area contributed by atoms with E-state index in [9.17, 15) is 9.59 Å². The zero-order chi connectivity index (χ0) is 19.7. The van der Waals surface area contributed by atoms with Gasteiger partial charge in [-0.05, 0) is 42.0 Å². The highest BCUT2D eigenvalue weighted by Crippen LogP contribution is 2.35. The molecule has 0 saturated carbocycles. The second kappa shape index (κ2) is 7.50. The summed E-state index contributed by atoms with van der Waals surface area (Å²) in [6.07, 6.45) is 1.58. The number of allylic oxidation sites excluding steroid dienone is 1. The molecule has 0 fully saturated rings. The van der Waals surface area contributed by atoms with Crippen molar-refractivity contribution in [3.8, 4) is 11.5 Å². The summed E-state index contributed by atoms with van der Waals surface area (Å²) in [5.74, 6) is -0.151. The summed E-state index contributed by atoms with van der Waals surface area (Å²) in [4.78, 5) is 24.9. The van der Waals surface area contributed by atoms with Gasteiger partial charge in [-0.3, -0.25) is 4.79 Å². The molecule has 4 nitrogen and oxygen atoms in total. The third-order valence-corrected chi connectivity index (χ3v) is 4.81. The molecule has 0 N–H and O–H groups in total. The maximum Gasteiger partial charge on any atom is 0.345 e. The molecule has 6 heteroatoms. The molecule has 4 rings (SSSR count). The number of benzene rings is 3. The normalized spacial score (nSPS) is 13.9. The summed E-state index contributed by atoms with van der Waals surface area (Å²) >= 11 is 12.2. The minimum Gasteiger partial charge on any atom is -0.452 e. The fourth-order valence-corrected chi connectivity index (χ4v) is 3.16. The molecule has 0 bridgehead atoms. The van der Waals surface area contributed by atoms with E-state index >= 15 is 0 Å². The van der Waals surface area contributed by atoms with Gasteiger partial charge in [0.15, 0.2) is 5.76 Å². The fourth-order valence-electron chi connectivity index (χ4n) is 2.75. The predicted octanol–water partition coefficient (Wildman–Crippen LogP) is 5.83. The summed E-state index contributed by atoms with van der Waals surface area (Å²) in [5, 5.41) is 0.807. The van der Waals surface area contributed by atoms with Crippen LogP contribution in [0.2, 0.25) is 10.0 Å². The van der Waals surface area contributed by atoms with Crippen molar-refractivity contribution in [3.63, 3.8) is 0 Å². The first kappa shape index (κ1) is 18.3. The van der Waals surface area contributed by atoms with Crippen molar-refractivity contribution in [2.75, 3.05) is 0 Å². The number of ketones is 1. The van der Waals surface area contributed by atoms with Gasteiger partial charge in [-0.1, -0.05) is 53.5 Å². The summed E-state index contributed by atoms with van der Waals surface area (Å²) in [6, 6.07) is 18.3. The van der Waals surface area contributed by atoms with Gasteiger partial charge in [0.25, 0.3) is 0 Å². The van der Waals surface area contributed by atoms with Crippen LogP contribution in [0.3, 0.4) is 0 Å². The molecule has 3 aromatic carbocycles. The van der Waals surface area contributed by atoms with Crippen LogP contribution in [-0.4, -0.2) is 11.8 Å². The maximum absolute atomic E-state index is 12.6. The second-order valence-corrected chi connectivity index (χ2v) is 6.80. The average Bonchev–Trinajstić information content (AvgIpc) is 2.99. The van der Waals surface area contributed by atoms with E-state index < -0.39 is 5.97 Å². The SMILES string of the molecule is O=C(Oc1ccc2c(c1)OC(=Cc1ccccc1Cl)C2=O)c1ccccc1Cl. The van der Waals surface area contributed by atoms with Gasteiger partial charge in [0, 0.05) is 11.1 Å². The lowest BCUT2D eigenvalue weighted by atomic mass is 10.1. The Morgan fingerprint density at radius 2 is 1.64 bits per heavy atom. The van der Waals surface area contributed by atoms with Crippen LogP contribution in [0.15, 0.2) is 72.5 Å². The summed E-state index contributed by atoms with van der Waals surface area (Å²) < 4.78 is 11.0. The molecule has 0 saturated heterocycles. The Labute approximate surface area is 170 Å². The molecule has 0 radical (unpaired) electrons. The fraction of sp³-hybridized carbons (Fsp3) is 0. The largest absolute Gasteiger partial charge is 0.452 e. The van der Waals surface area contributed by atoms with Crippen molar-refractivity contribution in [3.05, 3.63) is 99.2 Å². The first-order chi connectivity index (χ1) is 13.5. The van der Waals surface area contributed by atoms with E-state index in [0.717, 1.165) is 0 Å². The Morgan fingerprint density at radius 3 is 2.39 bits per heavy atom. The number of Topliss-reactive ketones (excluding diaryl/α,β-unsaturated/α-hetero) is 1. The van der Waals surface area contributed by atoms with Crippen LogP contribution in [0.1, 0.15) is 26.3 Å². The van der Waals surface area contributed by atoms with Crippen LogP contribution in [0, 0.1) is 0 Å². The van der Waals surface area contributed by atoms with E-state index in [1.165, 1.54) is 12.1 Å². The highest BCUT2D eigenvalue weighted by Gasteiger charge is 2.28.